The van der Waals surface area contributed by atoms with E-state index in [-0.39, 0.29) is 0 Å². The van der Waals surface area contributed by atoms with Crippen LogP contribution in [-0.4, -0.2) is 35.0 Å². The molecular weight excluding hydrogens is 154 g/mol. The molecule has 1 saturated heterocycles. The van der Waals surface area contributed by atoms with Crippen molar-refractivity contribution in [2.24, 2.45) is 5.73 Å². The molecule has 1 aliphatic rings. The number of amides is 1. The molecule has 0 aliphatic carbocycles. The van der Waals surface area contributed by atoms with Crippen LogP contribution in [0.3, 0.4) is 0 Å². The second kappa shape index (κ2) is 2.03. The molecule has 0 aromatic heterocycles. The summed E-state index contributed by atoms with van der Waals surface area (Å²) in [5.41, 5.74) is 1.85. The summed E-state index contributed by atoms with van der Waals surface area (Å²) >= 11 is 0. The number of Topliss-reactive ketones (excluding diaryl/α,β-unsaturated/α-hetero) is 1. The number of nitrogens with two attached hydrogens (primary N) is 1. The Kier molecular flexibility index (Phi) is 1.41. The van der Waals surface area contributed by atoms with Crippen molar-refractivity contribution >= 4 is 17.7 Å². The van der Waals surface area contributed by atoms with Crippen molar-refractivity contribution in [3.8, 4) is 0 Å². The third kappa shape index (κ3) is 0.795. The summed E-state index contributed by atoms with van der Waals surface area (Å²) in [7, 11) is 0. The van der Waals surface area contributed by atoms with Crippen LogP contribution in [0.1, 0.15) is 0 Å². The molecule has 0 aromatic carbocycles. The van der Waals surface area contributed by atoms with E-state index in [0.29, 0.717) is 0 Å². The Hall–Kier alpha value is -1.43. The third-order valence-electron chi connectivity index (χ3n) is 1.39. The van der Waals surface area contributed by atoms with Crippen LogP contribution in [0, 0.1) is 0 Å². The van der Waals surface area contributed by atoms with Gasteiger partial charge < -0.3 is 15.6 Å². The normalized spacial score (nSPS) is 30.3. The molecule has 11 heavy (non-hydrogen) atoms. The number of esters is 1. The zero-order valence-corrected chi connectivity index (χ0v) is 5.36. The molecule has 1 rings (SSSR count). The first kappa shape index (κ1) is 7.67. The molecule has 1 heterocycles. The molecule has 3 N–H and O–H groups in total. The first-order valence-electron chi connectivity index (χ1n) is 2.72. The Bertz CT molecular complexity index is 229. The summed E-state index contributed by atoms with van der Waals surface area (Å²) in [5, 5.41) is 9.01. The van der Waals surface area contributed by atoms with E-state index in [2.05, 4.69) is 10.5 Å². The molecule has 1 unspecified atom stereocenters. The van der Waals surface area contributed by atoms with Crippen molar-refractivity contribution in [2.45, 2.75) is 5.60 Å². The van der Waals surface area contributed by atoms with Gasteiger partial charge in [-0.15, -0.1) is 0 Å². The first-order valence-corrected chi connectivity index (χ1v) is 2.72. The van der Waals surface area contributed by atoms with Gasteiger partial charge >= 0.3 is 11.6 Å². The number of cyclic esters (lactones) is 1. The van der Waals surface area contributed by atoms with Gasteiger partial charge in [-0.25, -0.2) is 4.79 Å². The fraction of sp³-hybridized carbons (Fsp3) is 0.400. The minimum atomic E-state index is -2.75. The number of carbonyl (C=O) groups excluding carboxylic acids is 3. The van der Waals surface area contributed by atoms with Gasteiger partial charge in [0.25, 0.3) is 5.91 Å². The van der Waals surface area contributed by atoms with Crippen LogP contribution in [0.2, 0.25) is 0 Å². The van der Waals surface area contributed by atoms with Crippen LogP contribution in [0.15, 0.2) is 0 Å². The number of hydrogen-bond donors (Lipinski definition) is 2. The monoisotopic (exact) mass is 159 g/mol. The third-order valence-corrected chi connectivity index (χ3v) is 1.39. The van der Waals surface area contributed by atoms with Crippen molar-refractivity contribution in [1.82, 2.24) is 0 Å². The lowest BCUT2D eigenvalue weighted by atomic mass is 10.0. The fourth-order valence-electron chi connectivity index (χ4n) is 0.692. The van der Waals surface area contributed by atoms with Gasteiger partial charge in [0.15, 0.2) is 6.61 Å². The van der Waals surface area contributed by atoms with Gasteiger partial charge in [-0.3, -0.25) is 9.59 Å². The standard InChI is InChI=1S/C5H5NO5/c6-3(8)5(10)2(7)1-11-4(5)9/h10H,1H2,(H2,6,8). The van der Waals surface area contributed by atoms with E-state index >= 15 is 0 Å². The van der Waals surface area contributed by atoms with Crippen molar-refractivity contribution in [2.75, 3.05) is 6.61 Å². The molecule has 1 amide bonds. The Morgan fingerprint density at radius 3 is 2.36 bits per heavy atom. The molecule has 0 saturated carbocycles. The lowest BCUT2D eigenvalue weighted by Crippen LogP contribution is -2.53. The number of aliphatic hydroxyl groups is 1. The summed E-state index contributed by atoms with van der Waals surface area (Å²) < 4.78 is 4.10. The molecule has 1 atom stereocenters. The Balaban J connectivity index is 3.08. The average molecular weight is 159 g/mol. The highest BCUT2D eigenvalue weighted by Gasteiger charge is 2.56. The second-order valence-electron chi connectivity index (χ2n) is 2.07. The van der Waals surface area contributed by atoms with Crippen LogP contribution in [-0.2, 0) is 19.1 Å². The van der Waals surface area contributed by atoms with E-state index in [9.17, 15) is 14.4 Å². The molecule has 0 bridgehead atoms. The van der Waals surface area contributed by atoms with Gasteiger partial charge in [-0.2, -0.15) is 0 Å². The van der Waals surface area contributed by atoms with Crippen molar-refractivity contribution in [3.05, 3.63) is 0 Å². The van der Waals surface area contributed by atoms with E-state index in [0.717, 1.165) is 0 Å². The van der Waals surface area contributed by atoms with Crippen molar-refractivity contribution in [1.29, 1.82) is 0 Å². The summed E-state index contributed by atoms with van der Waals surface area (Å²) in [6.45, 7) is -0.599. The lowest BCUT2D eigenvalue weighted by molar-refractivity contribution is -0.161. The molecule has 0 radical (unpaired) electrons. The van der Waals surface area contributed by atoms with Gasteiger partial charge in [-0.1, -0.05) is 0 Å². The van der Waals surface area contributed by atoms with Gasteiger partial charge in [0.1, 0.15) is 0 Å². The number of hydrogen-bond acceptors (Lipinski definition) is 5. The van der Waals surface area contributed by atoms with Crippen molar-refractivity contribution in [3.63, 3.8) is 0 Å². The van der Waals surface area contributed by atoms with Gasteiger partial charge in [0.2, 0.25) is 5.78 Å². The molecule has 0 aromatic rings. The van der Waals surface area contributed by atoms with E-state index in [4.69, 9.17) is 5.11 Å². The van der Waals surface area contributed by atoms with E-state index in [1.807, 2.05) is 0 Å². The molecular formula is C5H5NO5. The Morgan fingerprint density at radius 2 is 2.18 bits per heavy atom. The highest BCUT2D eigenvalue weighted by molar-refractivity contribution is 6.28. The van der Waals surface area contributed by atoms with E-state index in [1.54, 1.807) is 0 Å². The quantitative estimate of drug-likeness (QED) is 0.320. The molecule has 1 fully saturated rings. The second-order valence-corrected chi connectivity index (χ2v) is 2.07. The minimum Gasteiger partial charge on any atom is -0.455 e. The van der Waals surface area contributed by atoms with Crippen LogP contribution < -0.4 is 5.73 Å². The van der Waals surface area contributed by atoms with E-state index in [1.165, 1.54) is 0 Å². The van der Waals surface area contributed by atoms with Crippen LogP contribution in [0.5, 0.6) is 0 Å². The number of ether oxygens (including phenoxy) is 1. The highest BCUT2D eigenvalue weighted by atomic mass is 16.6. The number of carbonyl (C=O) groups is 3. The van der Waals surface area contributed by atoms with Gasteiger partial charge in [0.05, 0.1) is 0 Å². The summed E-state index contributed by atoms with van der Waals surface area (Å²) in [5.74, 6) is -3.71. The van der Waals surface area contributed by atoms with Crippen molar-refractivity contribution < 1.29 is 24.2 Å². The highest BCUT2D eigenvalue weighted by Crippen LogP contribution is 2.15. The van der Waals surface area contributed by atoms with Crippen LogP contribution in [0.25, 0.3) is 0 Å². The van der Waals surface area contributed by atoms with Crippen LogP contribution in [0.4, 0.5) is 0 Å². The first-order chi connectivity index (χ1) is 4.99. The molecule has 1 aliphatic heterocycles. The zero-order valence-electron chi connectivity index (χ0n) is 5.36. The molecule has 6 nitrogen and oxygen atoms in total. The minimum absolute atomic E-state index is 0.599. The number of ketones is 1. The zero-order chi connectivity index (χ0) is 8.65. The number of rotatable bonds is 1. The topological polar surface area (TPSA) is 107 Å². The number of primary amides is 1. The predicted molar refractivity (Wildman–Crippen MR) is 30.1 cm³/mol. The fourth-order valence-corrected chi connectivity index (χ4v) is 0.692. The largest absolute Gasteiger partial charge is 0.455 e. The van der Waals surface area contributed by atoms with Gasteiger partial charge in [-0.05, 0) is 0 Å². The maximum Gasteiger partial charge on any atom is 0.356 e. The lowest BCUT2D eigenvalue weighted by Gasteiger charge is -2.09. The maximum absolute atomic E-state index is 10.7. The van der Waals surface area contributed by atoms with Crippen LogP contribution >= 0.6 is 0 Å². The van der Waals surface area contributed by atoms with E-state index < -0.39 is 29.9 Å². The summed E-state index contributed by atoms with van der Waals surface area (Å²) in [4.78, 5) is 31.6. The Labute approximate surface area is 60.9 Å². The Morgan fingerprint density at radius 1 is 1.64 bits per heavy atom. The average Bonchev–Trinajstić information content (AvgIpc) is 2.18. The van der Waals surface area contributed by atoms with Gasteiger partial charge in [0, 0.05) is 0 Å². The summed E-state index contributed by atoms with van der Waals surface area (Å²) in [6.07, 6.45) is 0. The smallest absolute Gasteiger partial charge is 0.356 e. The maximum atomic E-state index is 10.7. The summed E-state index contributed by atoms with van der Waals surface area (Å²) in [6, 6.07) is 0. The molecule has 60 valence electrons. The SMILES string of the molecule is NC(=O)C1(O)C(=O)COC1=O. The predicted octanol–water partition coefficient (Wildman–Crippen LogP) is -2.67. The molecule has 6 heteroatoms. The molecule has 0 spiro atoms.